The molecule has 1 saturated heterocycles. The van der Waals surface area contributed by atoms with Gasteiger partial charge in [0.2, 0.25) is 0 Å². The van der Waals surface area contributed by atoms with Crippen LogP contribution in [0.5, 0.6) is 0 Å². The van der Waals surface area contributed by atoms with Crippen LogP contribution >= 0.6 is 0 Å². The smallest absolute Gasteiger partial charge is 0.438 e. The maximum Gasteiger partial charge on any atom is 0.438 e. The molecule has 0 bridgehead atoms. The molecule has 0 aromatic heterocycles. The molecule has 1 heterocycles. The third-order valence-corrected chi connectivity index (χ3v) is 3.36. The number of carbonyl (C=O) groups is 2. The first-order valence-electron chi connectivity index (χ1n) is 6.63. The summed E-state index contributed by atoms with van der Waals surface area (Å²) >= 11 is 0. The number of aliphatic carboxylic acids is 1. The molecule has 2 rings (SSSR count). The Bertz CT molecular complexity index is 690. The number of hydrogen-bond acceptors (Lipinski definition) is 5. The molecule has 0 radical (unpaired) electrons. The van der Waals surface area contributed by atoms with E-state index in [0.29, 0.717) is 12.1 Å². The van der Waals surface area contributed by atoms with Gasteiger partial charge in [0.05, 0.1) is 17.2 Å². The van der Waals surface area contributed by atoms with Gasteiger partial charge in [0, 0.05) is 0 Å². The number of amides is 1. The number of carboxylic acid groups (broad SMARTS) is 2. The summed E-state index contributed by atoms with van der Waals surface area (Å²) in [6.45, 7) is 0. The minimum Gasteiger partial charge on any atom is -0.480 e. The fraction of sp³-hybridized carbons (Fsp3) is 0.333. The van der Waals surface area contributed by atoms with Crippen molar-refractivity contribution in [1.82, 2.24) is 21.5 Å². The summed E-state index contributed by atoms with van der Waals surface area (Å²) in [7, 11) is 0. The second-order valence-corrected chi connectivity index (χ2v) is 5.14. The number of hydrazine groups is 3. The number of halogens is 6. The van der Waals surface area contributed by atoms with Gasteiger partial charge in [0.1, 0.15) is 6.04 Å². The molecule has 1 aliphatic rings. The van der Waals surface area contributed by atoms with E-state index in [1.807, 2.05) is 16.4 Å². The molecule has 0 aliphatic carbocycles. The van der Waals surface area contributed by atoms with Gasteiger partial charge in [-0.25, -0.2) is 15.6 Å². The zero-order valence-electron chi connectivity index (χ0n) is 12.3. The molecule has 8 nitrogen and oxygen atoms in total. The summed E-state index contributed by atoms with van der Waals surface area (Å²) in [6.07, 6.45) is -12.0. The lowest BCUT2D eigenvalue weighted by Gasteiger charge is -2.37. The van der Waals surface area contributed by atoms with Crippen molar-refractivity contribution in [2.75, 3.05) is 0 Å². The van der Waals surface area contributed by atoms with Gasteiger partial charge >= 0.3 is 24.4 Å². The van der Waals surface area contributed by atoms with Crippen LogP contribution in [0.4, 0.5) is 31.1 Å². The Morgan fingerprint density at radius 1 is 0.962 bits per heavy atom. The van der Waals surface area contributed by atoms with Gasteiger partial charge in [-0.05, 0) is 23.8 Å². The van der Waals surface area contributed by atoms with Crippen LogP contribution in [0.3, 0.4) is 0 Å². The quantitative estimate of drug-likeness (QED) is 0.491. The lowest BCUT2D eigenvalue weighted by Crippen LogP contribution is -2.69. The number of hydrogen-bond donors (Lipinski definition) is 5. The molecule has 0 spiro atoms. The lowest BCUT2D eigenvalue weighted by molar-refractivity contribution is -0.144. The fourth-order valence-electron chi connectivity index (χ4n) is 2.20. The topological polar surface area (TPSA) is 114 Å². The van der Waals surface area contributed by atoms with Crippen molar-refractivity contribution in [2.45, 2.75) is 24.4 Å². The van der Waals surface area contributed by atoms with E-state index in [2.05, 4.69) is 0 Å². The zero-order chi connectivity index (χ0) is 19.9. The molecule has 2 atom stereocenters. The number of benzene rings is 1. The lowest BCUT2D eigenvalue weighted by atomic mass is 9.95. The Balaban J connectivity index is 2.58. The van der Waals surface area contributed by atoms with Crippen molar-refractivity contribution in [2.24, 2.45) is 0 Å². The molecule has 26 heavy (non-hydrogen) atoms. The van der Waals surface area contributed by atoms with Gasteiger partial charge in [0.15, 0.2) is 0 Å². The predicted molar refractivity (Wildman–Crippen MR) is 69.9 cm³/mol. The minimum absolute atomic E-state index is 0.122. The normalized spacial score (nSPS) is 21.5. The van der Waals surface area contributed by atoms with Crippen molar-refractivity contribution in [3.63, 3.8) is 0 Å². The molecule has 0 saturated carbocycles. The van der Waals surface area contributed by atoms with E-state index < -0.39 is 53.2 Å². The van der Waals surface area contributed by atoms with Crippen LogP contribution in [0, 0.1) is 0 Å². The molecular weight excluding hydrogens is 378 g/mol. The number of alkyl halides is 6. The van der Waals surface area contributed by atoms with Crippen LogP contribution < -0.4 is 16.4 Å². The van der Waals surface area contributed by atoms with Crippen molar-refractivity contribution < 1.29 is 46.1 Å². The average molecular weight is 388 g/mol. The Hall–Kier alpha value is -2.58. The van der Waals surface area contributed by atoms with Crippen LogP contribution in [-0.4, -0.2) is 33.4 Å². The van der Waals surface area contributed by atoms with Crippen molar-refractivity contribution in [3.05, 3.63) is 34.9 Å². The highest BCUT2D eigenvalue weighted by Gasteiger charge is 2.41. The monoisotopic (exact) mass is 388 g/mol. The van der Waals surface area contributed by atoms with Gasteiger partial charge < -0.3 is 10.2 Å². The van der Waals surface area contributed by atoms with Crippen LogP contribution in [0.1, 0.15) is 22.7 Å². The molecule has 1 aromatic rings. The summed E-state index contributed by atoms with van der Waals surface area (Å²) in [5.41, 5.74) is 1.84. The van der Waals surface area contributed by atoms with Crippen LogP contribution in [-0.2, 0) is 17.1 Å². The van der Waals surface area contributed by atoms with Gasteiger partial charge in [-0.3, -0.25) is 4.79 Å². The first kappa shape index (κ1) is 19.7. The van der Waals surface area contributed by atoms with Crippen molar-refractivity contribution in [1.29, 1.82) is 0 Å². The van der Waals surface area contributed by atoms with E-state index in [4.69, 9.17) is 10.2 Å². The maximum atomic E-state index is 12.9. The van der Waals surface area contributed by atoms with E-state index in [9.17, 15) is 35.9 Å². The molecule has 1 amide bonds. The highest BCUT2D eigenvalue weighted by atomic mass is 19.4. The van der Waals surface area contributed by atoms with Crippen molar-refractivity contribution in [3.8, 4) is 0 Å². The summed E-state index contributed by atoms with van der Waals surface area (Å²) in [6, 6.07) is -3.02. The van der Waals surface area contributed by atoms with Crippen LogP contribution in [0.25, 0.3) is 0 Å². The predicted octanol–water partition coefficient (Wildman–Crippen LogP) is 1.73. The Kier molecular flexibility index (Phi) is 5.03. The molecule has 2 unspecified atom stereocenters. The maximum absolute atomic E-state index is 12.9. The first-order valence-corrected chi connectivity index (χ1v) is 6.63. The molecule has 144 valence electrons. The van der Waals surface area contributed by atoms with E-state index >= 15 is 0 Å². The molecule has 1 fully saturated rings. The van der Waals surface area contributed by atoms with Gasteiger partial charge in [0.25, 0.3) is 0 Å². The average Bonchev–Trinajstić information content (AvgIpc) is 2.52. The van der Waals surface area contributed by atoms with E-state index in [-0.39, 0.29) is 11.2 Å². The molecular formula is C12H10F6N4O4. The van der Waals surface area contributed by atoms with Crippen LogP contribution in [0.15, 0.2) is 18.2 Å². The second-order valence-electron chi connectivity index (χ2n) is 5.14. The first-order chi connectivity index (χ1) is 11.8. The summed E-state index contributed by atoms with van der Waals surface area (Å²) in [5, 5.41) is 18.1. The minimum atomic E-state index is -5.14. The van der Waals surface area contributed by atoms with E-state index in [1.54, 1.807) is 0 Å². The van der Waals surface area contributed by atoms with Crippen LogP contribution in [0.2, 0.25) is 0 Å². The van der Waals surface area contributed by atoms with Crippen molar-refractivity contribution >= 4 is 12.1 Å². The number of nitrogens with zero attached hydrogens (tertiary/aromatic N) is 1. The number of carboxylic acids is 1. The highest BCUT2D eigenvalue weighted by Crippen LogP contribution is 2.38. The fourth-order valence-corrected chi connectivity index (χ4v) is 2.20. The van der Waals surface area contributed by atoms with Gasteiger partial charge in [-0.15, -0.1) is 5.53 Å². The SMILES string of the molecule is O=C(O)C1NNN(C(=O)O)NC1c1cc(C(F)(F)F)cc(C(F)(F)F)c1. The Morgan fingerprint density at radius 2 is 1.46 bits per heavy atom. The number of rotatable bonds is 2. The highest BCUT2D eigenvalue weighted by molar-refractivity contribution is 5.75. The standard InChI is InChI=1S/C12H10F6N4O4/c13-11(14,15)5-1-4(2-6(3-5)12(16,17)18)7-8(9(23)24)19-21-22(20-7)10(25)26/h1-3,7-8,19-21H,(H,23,24)(H,25,26). The van der Waals surface area contributed by atoms with E-state index in [0.717, 1.165) is 0 Å². The van der Waals surface area contributed by atoms with Gasteiger partial charge in [-0.1, -0.05) is 0 Å². The summed E-state index contributed by atoms with van der Waals surface area (Å²) in [4.78, 5) is 22.1. The van der Waals surface area contributed by atoms with Gasteiger partial charge in [-0.2, -0.15) is 31.5 Å². The summed E-state index contributed by atoms with van der Waals surface area (Å²) in [5.74, 6) is -1.65. The summed E-state index contributed by atoms with van der Waals surface area (Å²) < 4.78 is 77.6. The third kappa shape index (κ3) is 4.14. The third-order valence-electron chi connectivity index (χ3n) is 3.36. The second kappa shape index (κ2) is 6.62. The van der Waals surface area contributed by atoms with E-state index in [1.165, 1.54) is 0 Å². The Morgan fingerprint density at radius 3 is 1.85 bits per heavy atom. The number of nitrogens with one attached hydrogen (secondary N) is 3. The molecule has 1 aliphatic heterocycles. The molecule has 5 N–H and O–H groups in total. The molecule has 14 heteroatoms. The molecule has 1 aromatic carbocycles. The largest absolute Gasteiger partial charge is 0.480 e. The zero-order valence-corrected chi connectivity index (χ0v) is 12.3. The Labute approximate surface area is 140 Å².